The first-order valence-corrected chi connectivity index (χ1v) is 9.97. The minimum absolute atomic E-state index is 0.0324. The summed E-state index contributed by atoms with van der Waals surface area (Å²) in [5.41, 5.74) is 5.90. The third kappa shape index (κ3) is 4.59. The molecule has 0 atom stereocenters. The number of aromatic nitrogens is 2. The van der Waals surface area contributed by atoms with E-state index < -0.39 is 0 Å². The molecule has 0 aliphatic rings. The monoisotopic (exact) mass is 404 g/mol. The number of aryl methyl sites for hydroxylation is 3. The third-order valence-electron chi connectivity index (χ3n) is 5.24. The molecule has 0 saturated carbocycles. The van der Waals surface area contributed by atoms with Crippen LogP contribution in [0.3, 0.4) is 0 Å². The summed E-state index contributed by atoms with van der Waals surface area (Å²) in [5, 5.41) is 7.48. The third-order valence-corrected chi connectivity index (χ3v) is 5.24. The number of rotatable bonds is 6. The molecule has 1 N–H and O–H groups in total. The first-order chi connectivity index (χ1) is 14.3. The molecule has 2 amide bonds. The maximum Gasteiger partial charge on any atom is 0.257 e. The van der Waals surface area contributed by atoms with Gasteiger partial charge >= 0.3 is 0 Å². The van der Waals surface area contributed by atoms with Gasteiger partial charge in [0.05, 0.1) is 24.3 Å². The van der Waals surface area contributed by atoms with E-state index in [1.165, 1.54) is 4.90 Å². The molecule has 0 spiro atoms. The fourth-order valence-electron chi connectivity index (χ4n) is 3.59. The molecule has 0 aliphatic carbocycles. The molecule has 0 fully saturated rings. The Kier molecular flexibility index (Phi) is 6.35. The Bertz CT molecular complexity index is 1050. The van der Waals surface area contributed by atoms with Crippen molar-refractivity contribution in [3.8, 4) is 0 Å². The van der Waals surface area contributed by atoms with E-state index in [0.717, 1.165) is 28.1 Å². The number of likely N-dealkylation sites (N-methyl/N-ethyl adjacent to an activating group) is 1. The van der Waals surface area contributed by atoms with Crippen molar-refractivity contribution in [2.75, 3.05) is 18.9 Å². The summed E-state index contributed by atoms with van der Waals surface area (Å²) in [6, 6.07) is 15.8. The van der Waals surface area contributed by atoms with Crippen LogP contribution < -0.4 is 5.32 Å². The molecular formula is C24H28N4O2. The van der Waals surface area contributed by atoms with Gasteiger partial charge in [-0.05, 0) is 44.4 Å². The zero-order valence-electron chi connectivity index (χ0n) is 18.2. The number of para-hydroxylation sites is 1. The van der Waals surface area contributed by atoms with Crippen LogP contribution in [0.5, 0.6) is 0 Å². The second kappa shape index (κ2) is 8.95. The zero-order valence-corrected chi connectivity index (χ0v) is 18.2. The van der Waals surface area contributed by atoms with Gasteiger partial charge < -0.3 is 10.2 Å². The molecule has 0 aliphatic heterocycles. The van der Waals surface area contributed by atoms with E-state index in [-0.39, 0.29) is 18.4 Å². The zero-order chi connectivity index (χ0) is 21.8. The number of amides is 2. The minimum atomic E-state index is -0.227. The lowest BCUT2D eigenvalue weighted by Gasteiger charge is -2.18. The quantitative estimate of drug-likeness (QED) is 0.678. The van der Waals surface area contributed by atoms with E-state index in [4.69, 9.17) is 0 Å². The lowest BCUT2D eigenvalue weighted by molar-refractivity contribution is -0.116. The van der Waals surface area contributed by atoms with Crippen molar-refractivity contribution in [3.63, 3.8) is 0 Å². The van der Waals surface area contributed by atoms with E-state index >= 15 is 0 Å². The molecule has 0 saturated heterocycles. The van der Waals surface area contributed by atoms with Gasteiger partial charge in [0.25, 0.3) is 5.91 Å². The van der Waals surface area contributed by atoms with Crippen LogP contribution in [0.4, 0.5) is 5.69 Å². The second-order valence-electron chi connectivity index (χ2n) is 7.67. The molecule has 156 valence electrons. The fraction of sp³-hybridized carbons (Fsp3) is 0.292. The highest BCUT2D eigenvalue weighted by atomic mass is 16.2. The smallest absolute Gasteiger partial charge is 0.257 e. The maximum absolute atomic E-state index is 13.1. The van der Waals surface area contributed by atoms with Crippen LogP contribution in [-0.4, -0.2) is 40.1 Å². The number of hydrogen-bond donors (Lipinski definition) is 1. The van der Waals surface area contributed by atoms with E-state index in [0.29, 0.717) is 17.8 Å². The van der Waals surface area contributed by atoms with Crippen LogP contribution >= 0.6 is 0 Å². The molecular weight excluding hydrogens is 376 g/mol. The number of benzene rings is 2. The molecule has 0 bridgehead atoms. The number of hydrogen-bond acceptors (Lipinski definition) is 3. The Morgan fingerprint density at radius 1 is 0.967 bits per heavy atom. The van der Waals surface area contributed by atoms with Crippen LogP contribution in [0.15, 0.2) is 48.5 Å². The normalized spacial score (nSPS) is 10.7. The van der Waals surface area contributed by atoms with E-state index in [9.17, 15) is 9.59 Å². The van der Waals surface area contributed by atoms with Gasteiger partial charge in [0, 0.05) is 18.4 Å². The van der Waals surface area contributed by atoms with Crippen LogP contribution in [0.2, 0.25) is 0 Å². The molecule has 3 aromatic rings. The standard InChI is InChI=1S/C24H28N4O2/c1-16-10-9-11-17(2)23(16)25-21(29)15-27(5)24(30)22-18(3)26-28(19(22)4)14-20-12-7-6-8-13-20/h6-13H,14-15H2,1-5H3,(H,25,29). The van der Waals surface area contributed by atoms with Crippen LogP contribution in [0.1, 0.15) is 38.4 Å². The molecule has 6 heteroatoms. The largest absolute Gasteiger partial charge is 0.332 e. The summed E-state index contributed by atoms with van der Waals surface area (Å²) in [6.07, 6.45) is 0. The molecule has 30 heavy (non-hydrogen) atoms. The predicted octanol–water partition coefficient (Wildman–Crippen LogP) is 3.88. The van der Waals surface area contributed by atoms with Crippen molar-refractivity contribution < 1.29 is 9.59 Å². The van der Waals surface area contributed by atoms with Crippen molar-refractivity contribution in [1.29, 1.82) is 0 Å². The number of carbonyl (C=O) groups is 2. The highest BCUT2D eigenvalue weighted by Gasteiger charge is 2.23. The van der Waals surface area contributed by atoms with Crippen molar-refractivity contribution >= 4 is 17.5 Å². The first-order valence-electron chi connectivity index (χ1n) is 9.97. The van der Waals surface area contributed by atoms with E-state index in [1.807, 2.05) is 80.9 Å². The fourth-order valence-corrected chi connectivity index (χ4v) is 3.59. The Morgan fingerprint density at radius 2 is 1.60 bits per heavy atom. The van der Waals surface area contributed by atoms with E-state index in [2.05, 4.69) is 10.4 Å². The van der Waals surface area contributed by atoms with Gasteiger partial charge in [0.2, 0.25) is 5.91 Å². The molecule has 1 aromatic heterocycles. The van der Waals surface area contributed by atoms with Gasteiger partial charge in [-0.15, -0.1) is 0 Å². The second-order valence-corrected chi connectivity index (χ2v) is 7.67. The van der Waals surface area contributed by atoms with Gasteiger partial charge in [-0.2, -0.15) is 5.10 Å². The van der Waals surface area contributed by atoms with Crippen LogP contribution in [-0.2, 0) is 11.3 Å². The summed E-state index contributed by atoms with van der Waals surface area (Å²) >= 11 is 0. The van der Waals surface area contributed by atoms with Crippen molar-refractivity contribution in [2.45, 2.75) is 34.2 Å². The van der Waals surface area contributed by atoms with Crippen molar-refractivity contribution in [2.24, 2.45) is 0 Å². The van der Waals surface area contributed by atoms with Crippen LogP contribution in [0.25, 0.3) is 0 Å². The van der Waals surface area contributed by atoms with Gasteiger partial charge in [-0.25, -0.2) is 0 Å². The summed E-state index contributed by atoms with van der Waals surface area (Å²) in [4.78, 5) is 27.1. The molecule has 0 unspecified atom stereocenters. The summed E-state index contributed by atoms with van der Waals surface area (Å²) in [7, 11) is 1.64. The number of nitrogens with zero attached hydrogens (tertiary/aromatic N) is 3. The molecule has 0 radical (unpaired) electrons. The minimum Gasteiger partial charge on any atom is -0.332 e. The average molecular weight is 405 g/mol. The van der Waals surface area contributed by atoms with Gasteiger partial charge in [-0.1, -0.05) is 48.5 Å². The Hall–Kier alpha value is -3.41. The average Bonchev–Trinajstić information content (AvgIpc) is 2.98. The van der Waals surface area contributed by atoms with E-state index in [1.54, 1.807) is 7.05 Å². The lowest BCUT2D eigenvalue weighted by Crippen LogP contribution is -2.35. The summed E-state index contributed by atoms with van der Waals surface area (Å²) < 4.78 is 1.84. The van der Waals surface area contributed by atoms with Gasteiger partial charge in [0.1, 0.15) is 0 Å². The molecule has 1 heterocycles. The summed E-state index contributed by atoms with van der Waals surface area (Å²) in [6.45, 7) is 8.18. The maximum atomic E-state index is 13.1. The Morgan fingerprint density at radius 3 is 2.23 bits per heavy atom. The first kappa shape index (κ1) is 21.3. The Labute approximate surface area is 177 Å². The number of anilines is 1. The topological polar surface area (TPSA) is 67.2 Å². The van der Waals surface area contributed by atoms with Crippen LogP contribution in [0, 0.1) is 27.7 Å². The predicted molar refractivity (Wildman–Crippen MR) is 119 cm³/mol. The molecule has 3 rings (SSSR count). The molecule has 6 nitrogen and oxygen atoms in total. The summed E-state index contributed by atoms with van der Waals surface area (Å²) in [5.74, 6) is -0.434. The highest BCUT2D eigenvalue weighted by molar-refractivity contribution is 6.00. The van der Waals surface area contributed by atoms with Crippen molar-refractivity contribution in [3.05, 3.63) is 82.2 Å². The Balaban J connectivity index is 1.72. The van der Waals surface area contributed by atoms with Gasteiger partial charge in [0.15, 0.2) is 0 Å². The van der Waals surface area contributed by atoms with Gasteiger partial charge in [-0.3, -0.25) is 14.3 Å². The van der Waals surface area contributed by atoms with Crippen molar-refractivity contribution in [1.82, 2.24) is 14.7 Å². The molecule has 2 aromatic carbocycles. The highest BCUT2D eigenvalue weighted by Crippen LogP contribution is 2.20. The number of carbonyl (C=O) groups excluding carboxylic acids is 2. The lowest BCUT2D eigenvalue weighted by atomic mass is 10.1. The SMILES string of the molecule is Cc1cccc(C)c1NC(=O)CN(C)C(=O)c1c(C)nn(Cc2ccccc2)c1C. The number of nitrogens with one attached hydrogen (secondary N) is 1.